The standard InChI is InChI=1S/C27H36O2Si/c1-18(2)30(19(3)4,20(5)6)25-16-23-26(25)22-14-10-11-15-24(22)29-27(23)28-17-21-12-8-7-9-13-21/h7-15,18-20,25,27H,16-17H2,1-6H3. The van der Waals surface area contributed by atoms with E-state index in [9.17, 15) is 0 Å². The van der Waals surface area contributed by atoms with Crippen molar-refractivity contribution >= 4 is 13.6 Å². The Hall–Kier alpha value is -1.84. The van der Waals surface area contributed by atoms with Crippen molar-refractivity contribution in [3.8, 4) is 5.75 Å². The molecule has 3 heteroatoms. The smallest absolute Gasteiger partial charge is 0.223 e. The van der Waals surface area contributed by atoms with E-state index in [1.807, 2.05) is 6.07 Å². The third-order valence-corrected chi connectivity index (χ3v) is 15.4. The molecule has 30 heavy (non-hydrogen) atoms. The molecule has 2 aromatic rings. The van der Waals surface area contributed by atoms with Gasteiger partial charge in [0.1, 0.15) is 5.75 Å². The van der Waals surface area contributed by atoms with Crippen molar-refractivity contribution < 1.29 is 9.47 Å². The molecule has 0 spiro atoms. The van der Waals surface area contributed by atoms with Crippen LogP contribution in [0.2, 0.25) is 22.2 Å². The summed E-state index contributed by atoms with van der Waals surface area (Å²) in [6.45, 7) is 15.4. The van der Waals surface area contributed by atoms with Crippen molar-refractivity contribution in [1.82, 2.24) is 0 Å². The number of rotatable bonds is 7. The number of fused-ring (bicyclic) bond motifs is 2. The maximum absolute atomic E-state index is 6.37. The first-order valence-electron chi connectivity index (χ1n) is 11.5. The van der Waals surface area contributed by atoms with Crippen molar-refractivity contribution in [2.45, 2.75) is 83.0 Å². The van der Waals surface area contributed by atoms with Crippen LogP contribution in [-0.2, 0) is 11.3 Å². The Bertz CT molecular complexity index is 892. The molecule has 0 radical (unpaired) electrons. The molecular weight excluding hydrogens is 384 g/mol. The van der Waals surface area contributed by atoms with Gasteiger partial charge in [-0.15, -0.1) is 0 Å². The number of allylic oxidation sites excluding steroid dienone is 1. The van der Waals surface area contributed by atoms with Crippen molar-refractivity contribution in [2.75, 3.05) is 0 Å². The van der Waals surface area contributed by atoms with Crippen molar-refractivity contribution in [3.05, 3.63) is 71.3 Å². The fourth-order valence-corrected chi connectivity index (χ4v) is 14.4. The Morgan fingerprint density at radius 3 is 2.10 bits per heavy atom. The molecule has 2 atom stereocenters. The van der Waals surface area contributed by atoms with Crippen LogP contribution in [0.3, 0.4) is 0 Å². The first-order chi connectivity index (χ1) is 14.4. The molecule has 2 nitrogen and oxygen atoms in total. The van der Waals surface area contributed by atoms with E-state index in [2.05, 4.69) is 90.1 Å². The van der Waals surface area contributed by atoms with E-state index in [0.717, 1.165) is 28.8 Å². The lowest BCUT2D eigenvalue weighted by atomic mass is 9.80. The molecular formula is C27H36O2Si. The fraction of sp³-hybridized carbons (Fsp3) is 0.481. The minimum absolute atomic E-state index is 0.260. The Kier molecular flexibility index (Phi) is 5.96. The monoisotopic (exact) mass is 420 g/mol. The molecule has 2 aliphatic rings. The highest BCUT2D eigenvalue weighted by Gasteiger charge is 2.56. The van der Waals surface area contributed by atoms with Gasteiger partial charge in [-0.2, -0.15) is 0 Å². The first kappa shape index (κ1) is 21.4. The second kappa shape index (κ2) is 8.36. The summed E-state index contributed by atoms with van der Waals surface area (Å²) >= 11 is 0. The van der Waals surface area contributed by atoms with Gasteiger partial charge < -0.3 is 9.47 Å². The molecule has 2 unspecified atom stereocenters. The van der Waals surface area contributed by atoms with Crippen LogP contribution in [-0.4, -0.2) is 14.4 Å². The van der Waals surface area contributed by atoms with Gasteiger partial charge in [-0.25, -0.2) is 0 Å². The van der Waals surface area contributed by atoms with Gasteiger partial charge in [0.05, 0.1) is 14.7 Å². The number of ether oxygens (including phenoxy) is 2. The van der Waals surface area contributed by atoms with E-state index in [0.29, 0.717) is 12.1 Å². The molecule has 0 saturated heterocycles. The first-order valence-corrected chi connectivity index (χ1v) is 13.8. The van der Waals surface area contributed by atoms with Gasteiger partial charge in [0.25, 0.3) is 0 Å². The normalized spacial score (nSPS) is 20.8. The van der Waals surface area contributed by atoms with Crippen LogP contribution in [0.1, 0.15) is 59.1 Å². The number of benzene rings is 2. The highest BCUT2D eigenvalue weighted by atomic mass is 28.3. The van der Waals surface area contributed by atoms with E-state index >= 15 is 0 Å². The Balaban J connectivity index is 1.72. The maximum Gasteiger partial charge on any atom is 0.223 e. The third-order valence-electron chi connectivity index (χ3n) is 7.66. The fourth-order valence-electron chi connectivity index (χ4n) is 6.60. The Morgan fingerprint density at radius 1 is 0.867 bits per heavy atom. The molecule has 0 N–H and O–H groups in total. The molecule has 0 aromatic heterocycles. The zero-order valence-corrected chi connectivity index (χ0v) is 20.3. The van der Waals surface area contributed by atoms with Gasteiger partial charge in [-0.3, -0.25) is 0 Å². The lowest BCUT2D eigenvalue weighted by Gasteiger charge is -2.56. The van der Waals surface area contributed by atoms with Crippen LogP contribution in [0.15, 0.2) is 60.2 Å². The second-order valence-corrected chi connectivity index (χ2v) is 16.1. The van der Waals surface area contributed by atoms with Crippen LogP contribution in [0.25, 0.3) is 5.57 Å². The summed E-state index contributed by atoms with van der Waals surface area (Å²) in [6.07, 6.45) is 0.869. The molecule has 1 aliphatic carbocycles. The summed E-state index contributed by atoms with van der Waals surface area (Å²) < 4.78 is 12.7. The van der Waals surface area contributed by atoms with Crippen LogP contribution in [0.4, 0.5) is 0 Å². The summed E-state index contributed by atoms with van der Waals surface area (Å²) in [5.41, 5.74) is 8.35. The van der Waals surface area contributed by atoms with Crippen LogP contribution < -0.4 is 4.74 Å². The van der Waals surface area contributed by atoms with Crippen molar-refractivity contribution in [2.24, 2.45) is 0 Å². The van der Waals surface area contributed by atoms with E-state index in [-0.39, 0.29) is 6.29 Å². The van der Waals surface area contributed by atoms with E-state index < -0.39 is 8.07 Å². The quantitative estimate of drug-likeness (QED) is 0.425. The van der Waals surface area contributed by atoms with Gasteiger partial charge in [0.2, 0.25) is 6.29 Å². The molecule has 0 amide bonds. The summed E-state index contributed by atoms with van der Waals surface area (Å²) in [7, 11) is -1.61. The minimum Gasteiger partial charge on any atom is -0.460 e. The molecule has 0 fully saturated rings. The van der Waals surface area contributed by atoms with Gasteiger partial charge in [-0.05, 0) is 29.2 Å². The van der Waals surface area contributed by atoms with E-state index in [4.69, 9.17) is 9.47 Å². The topological polar surface area (TPSA) is 18.5 Å². The SMILES string of the molecule is CC(C)[Si](C(C)C)(C(C)C)C1CC2=C1c1ccccc1OC2OCc1ccccc1. The van der Waals surface area contributed by atoms with Crippen LogP contribution in [0, 0.1) is 0 Å². The van der Waals surface area contributed by atoms with Crippen LogP contribution >= 0.6 is 0 Å². The highest BCUT2D eigenvalue weighted by Crippen LogP contribution is 2.64. The summed E-state index contributed by atoms with van der Waals surface area (Å²) in [4.78, 5) is 0. The molecule has 4 rings (SSSR count). The molecule has 1 heterocycles. The lowest BCUT2D eigenvalue weighted by molar-refractivity contribution is -0.0692. The predicted molar refractivity (Wildman–Crippen MR) is 128 cm³/mol. The molecule has 1 aliphatic heterocycles. The molecule has 160 valence electrons. The van der Waals surface area contributed by atoms with Crippen molar-refractivity contribution in [1.29, 1.82) is 0 Å². The Morgan fingerprint density at radius 2 is 1.47 bits per heavy atom. The summed E-state index contributed by atoms with van der Waals surface area (Å²) in [6, 6.07) is 19.0. The zero-order chi connectivity index (χ0) is 21.5. The molecule has 0 bridgehead atoms. The largest absolute Gasteiger partial charge is 0.460 e. The maximum atomic E-state index is 6.37. The highest BCUT2D eigenvalue weighted by molar-refractivity contribution is 6.86. The number of hydrogen-bond donors (Lipinski definition) is 0. The average molecular weight is 421 g/mol. The van der Waals surface area contributed by atoms with Gasteiger partial charge in [-0.1, -0.05) is 107 Å². The number of para-hydroxylation sites is 1. The van der Waals surface area contributed by atoms with Crippen LogP contribution in [0.5, 0.6) is 5.75 Å². The zero-order valence-electron chi connectivity index (χ0n) is 19.3. The second-order valence-electron chi connectivity index (χ2n) is 9.90. The lowest BCUT2D eigenvalue weighted by Crippen LogP contribution is -2.53. The average Bonchev–Trinajstić information content (AvgIpc) is 2.69. The number of hydrogen-bond acceptors (Lipinski definition) is 2. The molecule has 2 aromatic carbocycles. The summed E-state index contributed by atoms with van der Waals surface area (Å²) in [5, 5.41) is 0. The van der Waals surface area contributed by atoms with Gasteiger partial charge in [0, 0.05) is 11.1 Å². The minimum atomic E-state index is -1.61. The summed E-state index contributed by atoms with van der Waals surface area (Å²) in [5.74, 6) is 0.984. The van der Waals surface area contributed by atoms with Crippen molar-refractivity contribution in [3.63, 3.8) is 0 Å². The van der Waals surface area contributed by atoms with Gasteiger partial charge in [0.15, 0.2) is 0 Å². The van der Waals surface area contributed by atoms with Gasteiger partial charge >= 0.3 is 0 Å². The Labute approximate surface area is 183 Å². The molecule has 0 saturated carbocycles. The third kappa shape index (κ3) is 3.36. The van der Waals surface area contributed by atoms with E-state index in [1.54, 1.807) is 5.57 Å². The predicted octanol–water partition coefficient (Wildman–Crippen LogP) is 7.83. The van der Waals surface area contributed by atoms with E-state index in [1.165, 1.54) is 16.7 Å².